The molecule has 0 amide bonds. The fraction of sp³-hybridized carbons (Fsp3) is 0.571. The molecular weight excluding hydrogens is 196 g/mol. The van der Waals surface area contributed by atoms with Crippen molar-refractivity contribution in [3.05, 3.63) is 35.9 Å². The molecule has 1 aromatic rings. The molecule has 0 aliphatic rings. The summed E-state index contributed by atoms with van der Waals surface area (Å²) in [5.41, 5.74) is 1.46. The largest absolute Gasteiger partial charge is 0.320 e. The fourth-order valence-electron chi connectivity index (χ4n) is 1.74. The molecule has 2 nitrogen and oxygen atoms in total. The number of benzene rings is 1. The van der Waals surface area contributed by atoms with Crippen molar-refractivity contribution in [3.8, 4) is 0 Å². The van der Waals surface area contributed by atoms with Gasteiger partial charge in [-0.25, -0.2) is 0 Å². The quantitative estimate of drug-likeness (QED) is 0.624. The van der Waals surface area contributed by atoms with E-state index in [1.807, 2.05) is 7.05 Å². The molecule has 2 N–H and O–H groups in total. The highest BCUT2D eigenvalue weighted by atomic mass is 14.9. The van der Waals surface area contributed by atoms with Crippen molar-refractivity contribution >= 4 is 0 Å². The Bertz CT molecular complexity index is 246. The van der Waals surface area contributed by atoms with E-state index in [-0.39, 0.29) is 0 Å². The smallest absolute Gasteiger partial charge is 0.00368 e. The Labute approximate surface area is 99.5 Å². The lowest BCUT2D eigenvalue weighted by Crippen LogP contribution is -2.20. The Hall–Kier alpha value is -0.860. The van der Waals surface area contributed by atoms with Crippen LogP contribution in [-0.4, -0.2) is 26.7 Å². The zero-order chi connectivity index (χ0) is 11.5. The summed E-state index contributed by atoms with van der Waals surface area (Å²) in [6.07, 6.45) is 4.98. The van der Waals surface area contributed by atoms with Crippen LogP contribution in [0.5, 0.6) is 0 Å². The van der Waals surface area contributed by atoms with Gasteiger partial charge in [0.05, 0.1) is 0 Å². The first kappa shape index (κ1) is 13.2. The molecule has 1 rings (SSSR count). The molecule has 0 unspecified atom stereocenters. The van der Waals surface area contributed by atoms with Crippen LogP contribution in [0.1, 0.15) is 24.8 Å². The number of rotatable bonds is 9. The summed E-state index contributed by atoms with van der Waals surface area (Å²) in [4.78, 5) is 0. The summed E-state index contributed by atoms with van der Waals surface area (Å²) >= 11 is 0. The normalized spacial score (nSPS) is 10.6. The first-order valence-corrected chi connectivity index (χ1v) is 6.32. The van der Waals surface area contributed by atoms with Crippen molar-refractivity contribution in [2.24, 2.45) is 0 Å². The van der Waals surface area contributed by atoms with Crippen LogP contribution in [0.15, 0.2) is 30.3 Å². The van der Waals surface area contributed by atoms with Gasteiger partial charge >= 0.3 is 0 Å². The van der Waals surface area contributed by atoms with Crippen LogP contribution in [-0.2, 0) is 6.42 Å². The van der Waals surface area contributed by atoms with Crippen molar-refractivity contribution in [2.75, 3.05) is 26.7 Å². The first-order valence-electron chi connectivity index (χ1n) is 6.32. The predicted octanol–water partition coefficient (Wildman–Crippen LogP) is 2.21. The Kier molecular flexibility index (Phi) is 7.74. The van der Waals surface area contributed by atoms with Crippen LogP contribution in [0.25, 0.3) is 0 Å². The van der Waals surface area contributed by atoms with Crippen LogP contribution < -0.4 is 10.6 Å². The molecule has 16 heavy (non-hydrogen) atoms. The molecule has 0 atom stereocenters. The van der Waals surface area contributed by atoms with Crippen molar-refractivity contribution in [1.82, 2.24) is 10.6 Å². The summed E-state index contributed by atoms with van der Waals surface area (Å²) in [5.74, 6) is 0. The number of hydrogen-bond donors (Lipinski definition) is 2. The van der Waals surface area contributed by atoms with Gasteiger partial charge in [-0.05, 0) is 57.9 Å². The predicted molar refractivity (Wildman–Crippen MR) is 70.8 cm³/mol. The van der Waals surface area contributed by atoms with Gasteiger partial charge in [-0.3, -0.25) is 0 Å². The number of nitrogens with one attached hydrogen (secondary N) is 2. The maximum atomic E-state index is 3.47. The first-order chi connectivity index (χ1) is 7.93. The maximum absolute atomic E-state index is 3.47. The van der Waals surface area contributed by atoms with Gasteiger partial charge in [-0.1, -0.05) is 30.3 Å². The van der Waals surface area contributed by atoms with E-state index in [2.05, 4.69) is 41.0 Å². The molecule has 0 spiro atoms. The highest BCUT2D eigenvalue weighted by Crippen LogP contribution is 2.03. The van der Waals surface area contributed by atoms with Crippen LogP contribution >= 0.6 is 0 Å². The molecular formula is C14H24N2. The summed E-state index contributed by atoms with van der Waals surface area (Å²) in [5, 5.41) is 6.62. The summed E-state index contributed by atoms with van der Waals surface area (Å²) in [6, 6.07) is 10.7. The lowest BCUT2D eigenvalue weighted by molar-refractivity contribution is 0.592. The monoisotopic (exact) mass is 220 g/mol. The lowest BCUT2D eigenvalue weighted by atomic mass is 10.1. The lowest BCUT2D eigenvalue weighted by Gasteiger charge is -2.04. The maximum Gasteiger partial charge on any atom is -0.00368 e. The number of aryl methyl sites for hydroxylation is 1. The van der Waals surface area contributed by atoms with Crippen molar-refractivity contribution < 1.29 is 0 Å². The van der Waals surface area contributed by atoms with Gasteiger partial charge in [0.1, 0.15) is 0 Å². The average Bonchev–Trinajstić information content (AvgIpc) is 2.34. The fourth-order valence-corrected chi connectivity index (χ4v) is 1.74. The van der Waals surface area contributed by atoms with Gasteiger partial charge in [-0.2, -0.15) is 0 Å². The molecule has 0 bridgehead atoms. The highest BCUT2D eigenvalue weighted by molar-refractivity contribution is 5.14. The molecule has 0 radical (unpaired) electrons. The second-order valence-electron chi connectivity index (χ2n) is 4.15. The molecule has 0 aliphatic carbocycles. The third kappa shape index (κ3) is 6.59. The molecule has 0 fully saturated rings. The zero-order valence-corrected chi connectivity index (χ0v) is 10.3. The van der Waals surface area contributed by atoms with Crippen LogP contribution in [0.3, 0.4) is 0 Å². The summed E-state index contributed by atoms with van der Waals surface area (Å²) in [6.45, 7) is 3.39. The van der Waals surface area contributed by atoms with Crippen molar-refractivity contribution in [1.29, 1.82) is 0 Å². The standard InChI is InChI=1S/C14H24N2/c1-15-11-7-13-16-12-6-5-10-14-8-3-2-4-9-14/h2-4,8-9,15-16H,5-7,10-13H2,1H3. The minimum Gasteiger partial charge on any atom is -0.320 e. The molecule has 2 heteroatoms. The molecule has 0 aliphatic heterocycles. The molecule has 0 aromatic heterocycles. The van der Waals surface area contributed by atoms with E-state index in [9.17, 15) is 0 Å². The summed E-state index contributed by atoms with van der Waals surface area (Å²) < 4.78 is 0. The van der Waals surface area contributed by atoms with Crippen LogP contribution in [0.4, 0.5) is 0 Å². The van der Waals surface area contributed by atoms with Gasteiger partial charge < -0.3 is 10.6 Å². The van der Waals surface area contributed by atoms with Crippen LogP contribution in [0, 0.1) is 0 Å². The Morgan fingerprint density at radius 3 is 2.38 bits per heavy atom. The van der Waals surface area contributed by atoms with E-state index in [0.717, 1.165) is 19.6 Å². The topological polar surface area (TPSA) is 24.1 Å². The van der Waals surface area contributed by atoms with E-state index in [4.69, 9.17) is 0 Å². The van der Waals surface area contributed by atoms with Gasteiger partial charge in [0.15, 0.2) is 0 Å². The second-order valence-corrected chi connectivity index (χ2v) is 4.15. The molecule has 90 valence electrons. The molecule has 0 saturated heterocycles. The van der Waals surface area contributed by atoms with Gasteiger partial charge in [0.25, 0.3) is 0 Å². The van der Waals surface area contributed by atoms with Gasteiger partial charge in [0, 0.05) is 0 Å². The SMILES string of the molecule is CNCCCNCCCCc1ccccc1. The van der Waals surface area contributed by atoms with Gasteiger partial charge in [-0.15, -0.1) is 0 Å². The van der Waals surface area contributed by atoms with Crippen LogP contribution in [0.2, 0.25) is 0 Å². The zero-order valence-electron chi connectivity index (χ0n) is 10.3. The van der Waals surface area contributed by atoms with E-state index < -0.39 is 0 Å². The van der Waals surface area contributed by atoms with E-state index >= 15 is 0 Å². The van der Waals surface area contributed by atoms with E-state index in [0.29, 0.717) is 0 Å². The second kappa shape index (κ2) is 9.37. The van der Waals surface area contributed by atoms with E-state index in [1.54, 1.807) is 0 Å². The minimum absolute atomic E-state index is 1.11. The molecule has 0 saturated carbocycles. The highest BCUT2D eigenvalue weighted by Gasteiger charge is 1.92. The third-order valence-corrected chi connectivity index (χ3v) is 2.69. The molecule has 1 aromatic carbocycles. The number of unbranched alkanes of at least 4 members (excludes halogenated alkanes) is 1. The Balaban J connectivity index is 1.89. The number of hydrogen-bond acceptors (Lipinski definition) is 2. The van der Waals surface area contributed by atoms with E-state index in [1.165, 1.54) is 31.2 Å². The third-order valence-electron chi connectivity index (χ3n) is 2.69. The Morgan fingerprint density at radius 2 is 1.62 bits per heavy atom. The van der Waals surface area contributed by atoms with Gasteiger partial charge in [0.2, 0.25) is 0 Å². The summed E-state index contributed by atoms with van der Waals surface area (Å²) in [7, 11) is 2.00. The Morgan fingerprint density at radius 1 is 0.875 bits per heavy atom. The minimum atomic E-state index is 1.11. The van der Waals surface area contributed by atoms with Crippen molar-refractivity contribution in [2.45, 2.75) is 25.7 Å². The molecule has 0 heterocycles. The van der Waals surface area contributed by atoms with Crippen molar-refractivity contribution in [3.63, 3.8) is 0 Å². The average molecular weight is 220 g/mol.